The Morgan fingerprint density at radius 3 is 2.12 bits per heavy atom. The molecular weight excluding hydrogens is 404 g/mol. The molecule has 0 aliphatic heterocycles. The molecule has 7 heteroatoms. The number of nitrogens with one attached hydrogen (secondary N) is 4. The van der Waals surface area contributed by atoms with Gasteiger partial charge in [-0.25, -0.2) is 0 Å². The number of unbranched alkanes of at least 4 members (excludes halogenated alkanes) is 2. The molecule has 0 fully saturated rings. The number of carbonyl (C=O) groups excluding carboxylic acids is 3. The Kier molecular flexibility index (Phi) is 10.2. The molecule has 0 spiro atoms. The molecule has 3 amide bonds. The number of amides is 3. The van der Waals surface area contributed by atoms with Crippen LogP contribution in [0.15, 0.2) is 48.5 Å². The largest absolute Gasteiger partial charge is 0.376 e. The highest BCUT2D eigenvalue weighted by Crippen LogP contribution is 2.16. The first-order chi connectivity index (χ1) is 15.4. The van der Waals surface area contributed by atoms with Crippen LogP contribution < -0.4 is 21.3 Å². The fourth-order valence-electron chi connectivity index (χ4n) is 2.97. The summed E-state index contributed by atoms with van der Waals surface area (Å²) in [5.41, 5.74) is 2.59. The minimum Gasteiger partial charge on any atom is -0.376 e. The first-order valence-corrected chi connectivity index (χ1v) is 11.3. The van der Waals surface area contributed by atoms with Crippen LogP contribution in [0.1, 0.15) is 63.2 Å². The van der Waals surface area contributed by atoms with Gasteiger partial charge in [0.05, 0.1) is 6.54 Å². The Morgan fingerprint density at radius 1 is 0.844 bits per heavy atom. The molecule has 2 aromatic carbocycles. The molecule has 1 unspecified atom stereocenters. The summed E-state index contributed by atoms with van der Waals surface area (Å²) >= 11 is 0. The molecule has 0 aromatic heterocycles. The average Bonchev–Trinajstić information content (AvgIpc) is 2.78. The summed E-state index contributed by atoms with van der Waals surface area (Å²) in [4.78, 5) is 36.4. The zero-order valence-corrected chi connectivity index (χ0v) is 19.2. The molecule has 0 radical (unpaired) electrons. The van der Waals surface area contributed by atoms with E-state index in [1.54, 1.807) is 48.5 Å². The first-order valence-electron chi connectivity index (χ1n) is 11.3. The van der Waals surface area contributed by atoms with E-state index in [0.717, 1.165) is 31.4 Å². The van der Waals surface area contributed by atoms with Crippen molar-refractivity contribution in [3.05, 3.63) is 54.1 Å². The van der Waals surface area contributed by atoms with Gasteiger partial charge in [-0.3, -0.25) is 14.4 Å². The quantitative estimate of drug-likeness (QED) is 0.358. The molecule has 32 heavy (non-hydrogen) atoms. The SMILES string of the molecule is CCCCCC(=O)Nc1cccc(NC(=O)CNc2ccc(C(=O)NC(C)CC)cc2)c1. The van der Waals surface area contributed by atoms with Crippen LogP contribution in [-0.2, 0) is 9.59 Å². The Morgan fingerprint density at radius 2 is 1.50 bits per heavy atom. The van der Waals surface area contributed by atoms with E-state index in [1.807, 2.05) is 13.8 Å². The first kappa shape index (κ1) is 24.9. The van der Waals surface area contributed by atoms with Gasteiger partial charge >= 0.3 is 0 Å². The smallest absolute Gasteiger partial charge is 0.251 e. The summed E-state index contributed by atoms with van der Waals surface area (Å²) in [5, 5.41) is 11.6. The fraction of sp³-hybridized carbons (Fsp3) is 0.400. The minimum absolute atomic E-state index is 0.0233. The third-order valence-corrected chi connectivity index (χ3v) is 5.03. The average molecular weight is 439 g/mol. The minimum atomic E-state index is -0.213. The highest BCUT2D eigenvalue weighted by atomic mass is 16.2. The van der Waals surface area contributed by atoms with Gasteiger partial charge in [0.2, 0.25) is 11.8 Å². The van der Waals surface area contributed by atoms with Crippen molar-refractivity contribution in [1.82, 2.24) is 5.32 Å². The van der Waals surface area contributed by atoms with Crippen molar-refractivity contribution in [3.8, 4) is 0 Å². The number of hydrogen-bond donors (Lipinski definition) is 4. The second-order valence-corrected chi connectivity index (χ2v) is 7.85. The lowest BCUT2D eigenvalue weighted by Crippen LogP contribution is -2.31. The lowest BCUT2D eigenvalue weighted by atomic mass is 10.1. The third-order valence-electron chi connectivity index (χ3n) is 5.03. The molecule has 0 saturated heterocycles. The summed E-state index contributed by atoms with van der Waals surface area (Å²) in [7, 11) is 0. The van der Waals surface area contributed by atoms with E-state index in [9.17, 15) is 14.4 Å². The summed E-state index contributed by atoms with van der Waals surface area (Å²) in [6.45, 7) is 6.15. The van der Waals surface area contributed by atoms with Gasteiger partial charge in [0.1, 0.15) is 0 Å². The maximum atomic E-state index is 12.3. The van der Waals surface area contributed by atoms with Gasteiger partial charge in [-0.1, -0.05) is 32.8 Å². The van der Waals surface area contributed by atoms with Gasteiger partial charge in [0.15, 0.2) is 0 Å². The standard InChI is InChI=1S/C25H34N4O3/c1-4-6-7-11-23(30)28-21-9-8-10-22(16-21)29-24(31)17-26-20-14-12-19(13-15-20)25(32)27-18(3)5-2/h8-10,12-16,18,26H,4-7,11,17H2,1-3H3,(H,27,32)(H,28,30)(H,29,31). The van der Waals surface area contributed by atoms with E-state index in [0.29, 0.717) is 23.4 Å². The highest BCUT2D eigenvalue weighted by molar-refractivity contribution is 5.96. The van der Waals surface area contributed by atoms with Crippen LogP contribution in [0.25, 0.3) is 0 Å². The van der Waals surface area contributed by atoms with Crippen LogP contribution in [0, 0.1) is 0 Å². The van der Waals surface area contributed by atoms with E-state index < -0.39 is 0 Å². The van der Waals surface area contributed by atoms with E-state index >= 15 is 0 Å². The molecule has 172 valence electrons. The van der Waals surface area contributed by atoms with E-state index in [-0.39, 0.29) is 30.3 Å². The monoisotopic (exact) mass is 438 g/mol. The van der Waals surface area contributed by atoms with Crippen molar-refractivity contribution in [2.24, 2.45) is 0 Å². The zero-order valence-electron chi connectivity index (χ0n) is 19.2. The van der Waals surface area contributed by atoms with Gasteiger partial charge in [0.25, 0.3) is 5.91 Å². The van der Waals surface area contributed by atoms with Crippen molar-refractivity contribution in [2.75, 3.05) is 22.5 Å². The number of anilines is 3. The Labute approximate surface area is 190 Å². The third kappa shape index (κ3) is 8.79. The highest BCUT2D eigenvalue weighted by Gasteiger charge is 2.09. The second-order valence-electron chi connectivity index (χ2n) is 7.85. The van der Waals surface area contributed by atoms with Gasteiger partial charge in [0, 0.05) is 35.1 Å². The Hall–Kier alpha value is -3.35. The van der Waals surface area contributed by atoms with Gasteiger partial charge in [-0.15, -0.1) is 0 Å². The van der Waals surface area contributed by atoms with Crippen molar-refractivity contribution in [3.63, 3.8) is 0 Å². The van der Waals surface area contributed by atoms with Crippen molar-refractivity contribution in [2.45, 2.75) is 58.9 Å². The predicted octanol–water partition coefficient (Wildman–Crippen LogP) is 4.78. The van der Waals surface area contributed by atoms with Gasteiger partial charge in [-0.2, -0.15) is 0 Å². The van der Waals surface area contributed by atoms with Crippen LogP contribution in [0.4, 0.5) is 17.1 Å². The molecule has 0 bridgehead atoms. The maximum Gasteiger partial charge on any atom is 0.251 e. The zero-order chi connectivity index (χ0) is 23.3. The van der Waals surface area contributed by atoms with Crippen molar-refractivity contribution in [1.29, 1.82) is 0 Å². The Balaban J connectivity index is 1.81. The van der Waals surface area contributed by atoms with Gasteiger partial charge in [-0.05, 0) is 62.2 Å². The molecular formula is C25H34N4O3. The number of carbonyl (C=O) groups is 3. The molecule has 0 aliphatic carbocycles. The van der Waals surface area contributed by atoms with Crippen LogP contribution in [0.3, 0.4) is 0 Å². The van der Waals surface area contributed by atoms with Gasteiger partial charge < -0.3 is 21.3 Å². The molecule has 0 saturated carbocycles. The van der Waals surface area contributed by atoms with E-state index in [1.165, 1.54) is 0 Å². The molecule has 2 rings (SSSR count). The molecule has 1 atom stereocenters. The lowest BCUT2D eigenvalue weighted by Gasteiger charge is -2.12. The summed E-state index contributed by atoms with van der Waals surface area (Å²) < 4.78 is 0. The number of rotatable bonds is 12. The fourth-order valence-corrected chi connectivity index (χ4v) is 2.97. The molecule has 4 N–H and O–H groups in total. The number of hydrogen-bond acceptors (Lipinski definition) is 4. The summed E-state index contributed by atoms with van der Waals surface area (Å²) in [5.74, 6) is -0.346. The molecule has 0 aliphatic rings. The Bertz CT molecular complexity index is 896. The second kappa shape index (κ2) is 13.1. The summed E-state index contributed by atoms with van der Waals surface area (Å²) in [6.07, 6.45) is 4.33. The van der Waals surface area contributed by atoms with E-state index in [4.69, 9.17) is 0 Å². The molecule has 0 heterocycles. The van der Waals surface area contributed by atoms with Crippen LogP contribution in [0.5, 0.6) is 0 Å². The summed E-state index contributed by atoms with van der Waals surface area (Å²) in [6, 6.07) is 14.2. The van der Waals surface area contributed by atoms with E-state index in [2.05, 4.69) is 28.2 Å². The number of benzene rings is 2. The van der Waals surface area contributed by atoms with Crippen molar-refractivity contribution < 1.29 is 14.4 Å². The predicted molar refractivity (Wildman–Crippen MR) is 130 cm³/mol. The van der Waals surface area contributed by atoms with Crippen molar-refractivity contribution >= 4 is 34.8 Å². The van der Waals surface area contributed by atoms with Crippen LogP contribution >= 0.6 is 0 Å². The molecule has 2 aromatic rings. The lowest BCUT2D eigenvalue weighted by molar-refractivity contribution is -0.116. The topological polar surface area (TPSA) is 99.3 Å². The molecule has 7 nitrogen and oxygen atoms in total. The normalized spacial score (nSPS) is 11.3. The van der Waals surface area contributed by atoms with Crippen LogP contribution in [-0.4, -0.2) is 30.3 Å². The maximum absolute atomic E-state index is 12.3. The van der Waals surface area contributed by atoms with Crippen LogP contribution in [0.2, 0.25) is 0 Å².